The van der Waals surface area contributed by atoms with Gasteiger partial charge in [-0.15, -0.1) is 0 Å². The Morgan fingerprint density at radius 2 is 1.37 bits per heavy atom. The van der Waals surface area contributed by atoms with Crippen LogP contribution in [0.3, 0.4) is 0 Å². The van der Waals surface area contributed by atoms with Crippen LogP contribution in [0.4, 0.5) is 9.59 Å². The molecule has 70 heavy (non-hydrogen) atoms. The first-order chi connectivity index (χ1) is 32.8. The van der Waals surface area contributed by atoms with Crippen LogP contribution in [0, 0.1) is 23.7 Å². The monoisotopic (exact) mass is 988 g/mol. The van der Waals surface area contributed by atoms with Crippen LogP contribution in [-0.4, -0.2) is 148 Å². The molecule has 3 saturated heterocycles. The van der Waals surface area contributed by atoms with Gasteiger partial charge in [0.05, 0.1) is 53.7 Å². The van der Waals surface area contributed by atoms with Crippen LogP contribution in [-0.2, 0) is 65.4 Å². The second-order valence-corrected chi connectivity index (χ2v) is 20.3. The van der Waals surface area contributed by atoms with Crippen molar-refractivity contribution >= 4 is 24.0 Å². The van der Waals surface area contributed by atoms with Gasteiger partial charge in [-0.2, -0.15) is 0 Å². The van der Waals surface area contributed by atoms with Crippen LogP contribution >= 0.6 is 0 Å². The number of carbonyl (C=O) groups is 4. The van der Waals surface area contributed by atoms with Gasteiger partial charge in [-0.05, 0) is 71.9 Å². The summed E-state index contributed by atoms with van der Waals surface area (Å²) in [6.07, 6.45) is -14.2. The maximum Gasteiger partial charge on any atom is 0.509 e. The van der Waals surface area contributed by atoms with E-state index in [1.165, 1.54) is 39.8 Å². The molecular formula is C52H77NO17. The molecule has 1 amide bonds. The molecule has 3 aliphatic rings. The van der Waals surface area contributed by atoms with Crippen LogP contribution in [0.2, 0.25) is 0 Å². The van der Waals surface area contributed by atoms with Gasteiger partial charge in [-0.1, -0.05) is 88.4 Å². The number of carbonyl (C=O) groups excluding carboxylic acids is 4. The fourth-order valence-corrected chi connectivity index (χ4v) is 10.2. The number of benzene rings is 2. The molecule has 18 heteroatoms. The van der Waals surface area contributed by atoms with Crippen LogP contribution in [0.5, 0.6) is 0 Å². The number of likely N-dealkylation sites (N-methyl/N-ethyl adjacent to an activating group) is 1. The van der Waals surface area contributed by atoms with Crippen molar-refractivity contribution in [1.29, 1.82) is 0 Å². The Kier molecular flexibility index (Phi) is 19.4. The first-order valence-corrected chi connectivity index (χ1v) is 24.4. The molecule has 0 aromatic heterocycles. The van der Waals surface area contributed by atoms with Gasteiger partial charge in [0.25, 0.3) is 0 Å². The van der Waals surface area contributed by atoms with E-state index in [1.54, 1.807) is 72.7 Å². The third kappa shape index (κ3) is 13.4. The normalized spacial score (nSPS) is 38.9. The smallest absolute Gasteiger partial charge is 0.459 e. The number of Topliss-reactive ketones (excluding diaryl/α,β-unsaturated/α-hetero) is 1. The zero-order valence-corrected chi connectivity index (χ0v) is 42.7. The summed E-state index contributed by atoms with van der Waals surface area (Å²) in [6.45, 7) is 15.6. The zero-order valence-electron chi connectivity index (χ0n) is 42.7. The number of aliphatic hydroxyl groups is 4. The summed E-state index contributed by atoms with van der Waals surface area (Å²) in [4.78, 5) is 57.6. The molecule has 3 heterocycles. The molecule has 392 valence electrons. The van der Waals surface area contributed by atoms with E-state index in [1.807, 2.05) is 36.4 Å². The molecule has 3 aliphatic heterocycles. The fourth-order valence-electron chi connectivity index (χ4n) is 10.2. The lowest BCUT2D eigenvalue weighted by atomic mass is 9.74. The summed E-state index contributed by atoms with van der Waals surface area (Å²) >= 11 is 0. The van der Waals surface area contributed by atoms with Gasteiger partial charge in [-0.3, -0.25) is 9.59 Å². The van der Waals surface area contributed by atoms with E-state index in [0.29, 0.717) is 5.56 Å². The third-order valence-corrected chi connectivity index (χ3v) is 14.6. The van der Waals surface area contributed by atoms with E-state index in [-0.39, 0.29) is 38.9 Å². The second kappa shape index (κ2) is 24.0. The van der Waals surface area contributed by atoms with Crippen molar-refractivity contribution in [2.75, 3.05) is 14.2 Å². The van der Waals surface area contributed by atoms with Crippen LogP contribution < -0.4 is 0 Å². The summed E-state index contributed by atoms with van der Waals surface area (Å²) in [6, 6.07) is 17.1. The van der Waals surface area contributed by atoms with Gasteiger partial charge >= 0.3 is 18.2 Å². The minimum absolute atomic E-state index is 0.00245. The molecular weight excluding hydrogens is 911 g/mol. The average Bonchev–Trinajstić information content (AvgIpc) is 3.33. The lowest BCUT2D eigenvalue weighted by Gasteiger charge is -2.49. The number of hydrogen-bond donors (Lipinski definition) is 4. The second-order valence-electron chi connectivity index (χ2n) is 20.3. The first-order valence-electron chi connectivity index (χ1n) is 24.4. The van der Waals surface area contributed by atoms with Crippen LogP contribution in [0.15, 0.2) is 60.7 Å². The number of amides is 1. The minimum Gasteiger partial charge on any atom is -0.459 e. The predicted molar refractivity (Wildman–Crippen MR) is 252 cm³/mol. The van der Waals surface area contributed by atoms with E-state index < -0.39 is 132 Å². The highest BCUT2D eigenvalue weighted by atomic mass is 16.8. The number of methoxy groups -OCH3 is 1. The van der Waals surface area contributed by atoms with Crippen molar-refractivity contribution in [1.82, 2.24) is 4.90 Å². The summed E-state index contributed by atoms with van der Waals surface area (Å²) < 4.78 is 55.5. The van der Waals surface area contributed by atoms with Crippen molar-refractivity contribution in [3.05, 3.63) is 71.8 Å². The predicted octanol–water partition coefficient (Wildman–Crippen LogP) is 5.85. The first kappa shape index (κ1) is 56.7. The molecule has 0 unspecified atom stereocenters. The number of rotatable bonds is 12. The molecule has 0 radical (unpaired) electrons. The SMILES string of the molecule is CC[C@H]1OC(=O)[C@H](C)[C@@H](O[C@H]2C[C@@](C)(OC)[C@@H](O)[C@H](C)O2)[C@H](C)[C@@H](O[C@H]2O[C@@H](C)C[C@@H](N(C)C(=O)OCc3ccccc3)[C@@H]2OC(=O)OCc2ccccc2)[C@](C)(O)C[C@@H](C)C(=O)[C@H](C)[C@@H](O)[C@]1(C)O. The number of ketones is 1. The standard InChI is InChI=1S/C52H77NO17/c1-13-38-52(10,61)43(55)31(4)40(54)29(2)25-50(8,60)45(32(5)41(33(6)46(57)67-38)68-39-26-51(9,62-12)44(56)34(7)66-39)70-47-42(69-49(59)64-28-36-22-18-15-19-23-36)37(24-30(3)65-47)53(11)48(58)63-27-35-20-16-14-17-21-35/h14-23,29-34,37-39,41-45,47,55-56,60-61H,13,24-28H2,1-12H3/t29-,30+,31+,32+,33-,34+,37-,38-,39+,41+,42+,43-,44+,45-,47-,50-,51-,52-/m1/s1. The number of nitrogens with zero attached hydrogens (tertiary/aromatic N) is 1. The highest BCUT2D eigenvalue weighted by Crippen LogP contribution is 2.41. The maximum absolute atomic E-state index is 14.5. The fraction of sp³-hybridized carbons (Fsp3) is 0.692. The Bertz CT molecular complexity index is 2020. The molecule has 0 aliphatic carbocycles. The summed E-state index contributed by atoms with van der Waals surface area (Å²) in [5.74, 6) is -5.75. The number of cyclic esters (lactones) is 1. The number of esters is 1. The Balaban J connectivity index is 1.61. The minimum atomic E-state index is -2.08. The van der Waals surface area contributed by atoms with E-state index in [2.05, 4.69) is 0 Å². The molecule has 2 aromatic rings. The van der Waals surface area contributed by atoms with Gasteiger partial charge in [0.15, 0.2) is 18.7 Å². The van der Waals surface area contributed by atoms with Crippen molar-refractivity contribution in [2.45, 2.75) is 192 Å². The molecule has 5 rings (SSSR count). The van der Waals surface area contributed by atoms with Crippen LogP contribution in [0.25, 0.3) is 0 Å². The molecule has 18 nitrogen and oxygen atoms in total. The number of aliphatic hydroxyl groups excluding tert-OH is 2. The van der Waals surface area contributed by atoms with Gasteiger partial charge in [-0.25, -0.2) is 9.59 Å². The van der Waals surface area contributed by atoms with Crippen molar-refractivity contribution in [3.63, 3.8) is 0 Å². The van der Waals surface area contributed by atoms with Crippen molar-refractivity contribution in [2.24, 2.45) is 23.7 Å². The van der Waals surface area contributed by atoms with Gasteiger partial charge in [0.2, 0.25) is 0 Å². The van der Waals surface area contributed by atoms with Crippen molar-refractivity contribution in [3.8, 4) is 0 Å². The van der Waals surface area contributed by atoms with E-state index in [0.717, 1.165) is 5.56 Å². The molecule has 4 N–H and O–H groups in total. The Morgan fingerprint density at radius 1 is 0.786 bits per heavy atom. The largest absolute Gasteiger partial charge is 0.509 e. The highest BCUT2D eigenvalue weighted by molar-refractivity contribution is 5.83. The molecule has 2 aromatic carbocycles. The summed E-state index contributed by atoms with van der Waals surface area (Å²) in [5.41, 5.74) is -3.83. The Hall–Kier alpha value is -4.24. The highest BCUT2D eigenvalue weighted by Gasteiger charge is 2.54. The third-order valence-electron chi connectivity index (χ3n) is 14.6. The van der Waals surface area contributed by atoms with Crippen molar-refractivity contribution < 1.29 is 82.2 Å². The number of hydrogen-bond acceptors (Lipinski definition) is 17. The van der Waals surface area contributed by atoms with Gasteiger partial charge in [0, 0.05) is 38.3 Å². The summed E-state index contributed by atoms with van der Waals surface area (Å²) in [5, 5.41) is 47.4. The quantitative estimate of drug-likeness (QED) is 0.144. The zero-order chi connectivity index (χ0) is 51.9. The lowest BCUT2D eigenvalue weighted by Crippen LogP contribution is -2.62. The molecule has 3 fully saturated rings. The molecule has 18 atom stereocenters. The topological polar surface area (TPSA) is 236 Å². The lowest BCUT2D eigenvalue weighted by molar-refractivity contribution is -0.318. The molecule has 0 bridgehead atoms. The maximum atomic E-state index is 14.5. The van der Waals surface area contributed by atoms with Gasteiger partial charge in [0.1, 0.15) is 36.8 Å². The Morgan fingerprint density at radius 3 is 1.94 bits per heavy atom. The molecule has 0 spiro atoms. The van der Waals surface area contributed by atoms with E-state index >= 15 is 0 Å². The average molecular weight is 988 g/mol. The van der Waals surface area contributed by atoms with E-state index in [4.69, 9.17) is 42.6 Å². The van der Waals surface area contributed by atoms with E-state index in [9.17, 15) is 39.6 Å². The van der Waals surface area contributed by atoms with Crippen LogP contribution in [0.1, 0.15) is 106 Å². The van der Waals surface area contributed by atoms with Gasteiger partial charge < -0.3 is 68.0 Å². The Labute approximate surface area is 412 Å². The number of ether oxygens (including phenoxy) is 9. The summed E-state index contributed by atoms with van der Waals surface area (Å²) in [7, 11) is 2.95. The molecule has 0 saturated carbocycles.